The van der Waals surface area contributed by atoms with Crippen LogP contribution in [0.3, 0.4) is 0 Å². The monoisotopic (exact) mass is 405 g/mol. The number of carboxylic acids is 1. The van der Waals surface area contributed by atoms with Gasteiger partial charge in [-0.25, -0.2) is 0 Å². The summed E-state index contributed by atoms with van der Waals surface area (Å²) in [5.41, 5.74) is 2.89. The molecule has 3 aliphatic heterocycles. The molecular formula is C22H15NO7. The van der Waals surface area contributed by atoms with Crippen molar-refractivity contribution in [1.82, 2.24) is 4.90 Å². The molecule has 150 valence electrons. The van der Waals surface area contributed by atoms with E-state index in [0.717, 1.165) is 27.5 Å². The quantitative estimate of drug-likeness (QED) is 0.716. The first kappa shape index (κ1) is 17.0. The minimum Gasteiger partial charge on any atom is -0.480 e. The van der Waals surface area contributed by atoms with Gasteiger partial charge in [0.05, 0.1) is 0 Å². The minimum absolute atomic E-state index is 0.121. The van der Waals surface area contributed by atoms with Crippen molar-refractivity contribution in [2.75, 3.05) is 20.1 Å². The van der Waals surface area contributed by atoms with Gasteiger partial charge in [0.2, 0.25) is 13.6 Å². The summed E-state index contributed by atoms with van der Waals surface area (Å²) >= 11 is 0. The van der Waals surface area contributed by atoms with E-state index in [1.807, 2.05) is 30.3 Å². The molecule has 0 unspecified atom stereocenters. The van der Waals surface area contributed by atoms with Crippen LogP contribution >= 0.6 is 0 Å². The Labute approximate surface area is 170 Å². The van der Waals surface area contributed by atoms with E-state index >= 15 is 0 Å². The Bertz CT molecular complexity index is 1270. The SMILES string of the molecule is O=C(O)CN1Cc2c(cc3ccc4c(c3c2-c2ccc3c(c2)OCO3)OCO4)C1=O. The molecule has 0 radical (unpaired) electrons. The van der Waals surface area contributed by atoms with Crippen molar-refractivity contribution in [1.29, 1.82) is 0 Å². The van der Waals surface area contributed by atoms with Gasteiger partial charge in [-0.3, -0.25) is 9.59 Å². The Balaban J connectivity index is 1.65. The molecule has 3 aromatic carbocycles. The highest BCUT2D eigenvalue weighted by Gasteiger charge is 2.34. The number of hydrogen-bond donors (Lipinski definition) is 1. The van der Waals surface area contributed by atoms with E-state index in [0.29, 0.717) is 28.6 Å². The molecule has 30 heavy (non-hydrogen) atoms. The Morgan fingerprint density at radius 3 is 2.60 bits per heavy atom. The third kappa shape index (κ3) is 2.33. The number of carboxylic acid groups (broad SMARTS) is 1. The minimum atomic E-state index is -1.05. The number of nitrogens with zero attached hydrogens (tertiary/aromatic N) is 1. The van der Waals surface area contributed by atoms with Crippen molar-refractivity contribution in [3.8, 4) is 34.1 Å². The lowest BCUT2D eigenvalue weighted by Gasteiger charge is -2.15. The molecule has 0 saturated heterocycles. The number of benzene rings is 3. The number of carbonyl (C=O) groups is 2. The van der Waals surface area contributed by atoms with Crippen molar-refractivity contribution in [3.05, 3.63) is 47.5 Å². The van der Waals surface area contributed by atoms with Gasteiger partial charge in [0.25, 0.3) is 5.91 Å². The molecule has 8 nitrogen and oxygen atoms in total. The number of rotatable bonds is 3. The first-order valence-corrected chi connectivity index (χ1v) is 9.39. The summed E-state index contributed by atoms with van der Waals surface area (Å²) in [5.74, 6) is 1.18. The molecule has 3 heterocycles. The number of carbonyl (C=O) groups excluding carboxylic acids is 1. The second kappa shape index (κ2) is 6.03. The smallest absolute Gasteiger partial charge is 0.323 e. The van der Waals surface area contributed by atoms with E-state index < -0.39 is 5.97 Å². The van der Waals surface area contributed by atoms with Gasteiger partial charge in [-0.1, -0.05) is 12.1 Å². The lowest BCUT2D eigenvalue weighted by atomic mass is 9.90. The van der Waals surface area contributed by atoms with Crippen LogP contribution in [0.1, 0.15) is 15.9 Å². The van der Waals surface area contributed by atoms with Gasteiger partial charge in [-0.15, -0.1) is 0 Å². The van der Waals surface area contributed by atoms with Gasteiger partial charge >= 0.3 is 5.97 Å². The summed E-state index contributed by atoms with van der Waals surface area (Å²) in [6, 6.07) is 11.1. The van der Waals surface area contributed by atoms with Gasteiger partial charge in [0, 0.05) is 17.5 Å². The molecule has 0 aliphatic carbocycles. The number of ether oxygens (including phenoxy) is 4. The fraction of sp³-hybridized carbons (Fsp3) is 0.182. The van der Waals surface area contributed by atoms with E-state index in [2.05, 4.69) is 0 Å². The van der Waals surface area contributed by atoms with Crippen molar-refractivity contribution in [2.45, 2.75) is 6.54 Å². The van der Waals surface area contributed by atoms with Crippen LogP contribution in [0.2, 0.25) is 0 Å². The van der Waals surface area contributed by atoms with Gasteiger partial charge in [0.15, 0.2) is 23.0 Å². The van der Waals surface area contributed by atoms with Crippen molar-refractivity contribution in [3.63, 3.8) is 0 Å². The summed E-state index contributed by atoms with van der Waals surface area (Å²) in [7, 11) is 0. The standard InChI is InChI=1S/C22H15NO7/c24-18(25)8-23-7-14-13(22(23)26)5-11-2-4-16-21(30-10-28-16)20(11)19(14)12-1-3-15-17(6-12)29-9-27-15/h1-6H,7-10H2,(H,24,25). The number of hydrogen-bond acceptors (Lipinski definition) is 6. The highest BCUT2D eigenvalue weighted by molar-refractivity contribution is 6.12. The Hall–Kier alpha value is -3.94. The number of aliphatic carboxylic acids is 1. The molecule has 0 spiro atoms. The Kier molecular flexibility index (Phi) is 3.41. The highest BCUT2D eigenvalue weighted by Crippen LogP contribution is 2.49. The Morgan fingerprint density at radius 2 is 1.73 bits per heavy atom. The molecule has 0 aromatic heterocycles. The summed E-state index contributed by atoms with van der Waals surface area (Å²) in [4.78, 5) is 25.5. The van der Waals surface area contributed by atoms with Crippen molar-refractivity contribution >= 4 is 22.6 Å². The topological polar surface area (TPSA) is 94.5 Å². The van der Waals surface area contributed by atoms with E-state index in [1.54, 1.807) is 6.07 Å². The van der Waals surface area contributed by atoms with Crippen LogP contribution in [0.4, 0.5) is 0 Å². The first-order chi connectivity index (χ1) is 14.6. The summed E-state index contributed by atoms with van der Waals surface area (Å²) in [5, 5.41) is 10.9. The van der Waals surface area contributed by atoms with Gasteiger partial charge in [-0.2, -0.15) is 0 Å². The van der Waals surface area contributed by atoms with Gasteiger partial charge in [0.1, 0.15) is 6.54 Å². The second-order valence-electron chi connectivity index (χ2n) is 7.30. The molecule has 6 rings (SSSR count). The molecule has 0 bridgehead atoms. The van der Waals surface area contributed by atoms with E-state index in [4.69, 9.17) is 18.9 Å². The van der Waals surface area contributed by atoms with E-state index in [1.165, 1.54) is 4.90 Å². The third-order valence-corrected chi connectivity index (χ3v) is 5.60. The van der Waals surface area contributed by atoms with Crippen LogP contribution in [-0.4, -0.2) is 42.0 Å². The van der Waals surface area contributed by atoms with Gasteiger partial charge in [-0.05, 0) is 46.3 Å². The molecule has 8 heteroatoms. The summed E-state index contributed by atoms with van der Waals surface area (Å²) in [6.45, 7) is 0.118. The van der Waals surface area contributed by atoms with Crippen LogP contribution in [0.25, 0.3) is 21.9 Å². The van der Waals surface area contributed by atoms with Crippen LogP contribution in [-0.2, 0) is 11.3 Å². The van der Waals surface area contributed by atoms with Crippen LogP contribution in [0.5, 0.6) is 23.0 Å². The molecule has 1 N–H and O–H groups in total. The zero-order chi connectivity index (χ0) is 20.4. The predicted molar refractivity (Wildman–Crippen MR) is 104 cm³/mol. The highest BCUT2D eigenvalue weighted by atomic mass is 16.7. The number of amides is 1. The third-order valence-electron chi connectivity index (χ3n) is 5.60. The van der Waals surface area contributed by atoms with Crippen molar-refractivity contribution in [2.24, 2.45) is 0 Å². The average molecular weight is 405 g/mol. The fourth-order valence-corrected chi connectivity index (χ4v) is 4.34. The molecule has 3 aliphatic rings. The predicted octanol–water partition coefficient (Wildman–Crippen LogP) is 3.00. The molecule has 0 saturated carbocycles. The average Bonchev–Trinajstić information content (AvgIpc) is 3.45. The molecule has 0 atom stereocenters. The maximum atomic E-state index is 12.9. The second-order valence-corrected chi connectivity index (χ2v) is 7.30. The van der Waals surface area contributed by atoms with Crippen molar-refractivity contribution < 1.29 is 33.6 Å². The Morgan fingerprint density at radius 1 is 0.967 bits per heavy atom. The molecule has 0 fully saturated rings. The van der Waals surface area contributed by atoms with Crippen LogP contribution in [0.15, 0.2) is 36.4 Å². The zero-order valence-electron chi connectivity index (χ0n) is 15.6. The lowest BCUT2D eigenvalue weighted by Crippen LogP contribution is -2.29. The summed E-state index contributed by atoms with van der Waals surface area (Å²) in [6.07, 6.45) is 0. The molecule has 3 aromatic rings. The molecule has 1 amide bonds. The summed E-state index contributed by atoms with van der Waals surface area (Å²) < 4.78 is 22.3. The fourth-order valence-electron chi connectivity index (χ4n) is 4.34. The molecular weight excluding hydrogens is 390 g/mol. The van der Waals surface area contributed by atoms with Crippen LogP contribution in [0, 0.1) is 0 Å². The zero-order valence-corrected chi connectivity index (χ0v) is 15.6. The first-order valence-electron chi connectivity index (χ1n) is 9.39. The normalized spacial score (nSPS) is 15.7. The van der Waals surface area contributed by atoms with Gasteiger partial charge < -0.3 is 29.0 Å². The maximum absolute atomic E-state index is 12.9. The van der Waals surface area contributed by atoms with E-state index in [-0.39, 0.29) is 32.6 Å². The largest absolute Gasteiger partial charge is 0.480 e. The lowest BCUT2D eigenvalue weighted by molar-refractivity contribution is -0.137. The van der Waals surface area contributed by atoms with Crippen LogP contribution < -0.4 is 18.9 Å². The van der Waals surface area contributed by atoms with E-state index in [9.17, 15) is 14.7 Å². The maximum Gasteiger partial charge on any atom is 0.323 e. The number of fused-ring (bicyclic) bond motifs is 5.